The van der Waals surface area contributed by atoms with Gasteiger partial charge in [0.05, 0.1) is 6.20 Å². The van der Waals surface area contributed by atoms with Gasteiger partial charge in [0, 0.05) is 13.1 Å². The number of hydrogen-bond acceptors (Lipinski definition) is 3. The fourth-order valence-electron chi connectivity index (χ4n) is 1.52. The molecule has 0 saturated carbocycles. The number of halogens is 1. The summed E-state index contributed by atoms with van der Waals surface area (Å²) in [6.07, 6.45) is 1.62. The number of nitrogens with one attached hydrogen (secondary N) is 1. The van der Waals surface area contributed by atoms with Crippen molar-refractivity contribution in [2.24, 2.45) is 0 Å². The minimum absolute atomic E-state index is 0.476. The van der Waals surface area contributed by atoms with Gasteiger partial charge in [0.2, 0.25) is 0 Å². The molecular formula is C14H15ClN2O. The zero-order chi connectivity index (χ0) is 12.6. The van der Waals surface area contributed by atoms with E-state index in [2.05, 4.69) is 22.4 Å². The van der Waals surface area contributed by atoms with Gasteiger partial charge in [-0.1, -0.05) is 41.9 Å². The van der Waals surface area contributed by atoms with E-state index in [1.165, 1.54) is 5.56 Å². The molecule has 18 heavy (non-hydrogen) atoms. The fraction of sp³-hybridized carbons (Fsp3) is 0.214. The lowest BCUT2D eigenvalue weighted by molar-refractivity contribution is 0.312. The van der Waals surface area contributed by atoms with Crippen molar-refractivity contribution in [2.45, 2.75) is 6.54 Å². The summed E-state index contributed by atoms with van der Waals surface area (Å²) in [7, 11) is 0. The van der Waals surface area contributed by atoms with Gasteiger partial charge in [-0.25, -0.2) is 4.98 Å². The van der Waals surface area contributed by atoms with Gasteiger partial charge in [-0.3, -0.25) is 0 Å². The molecule has 4 heteroatoms. The van der Waals surface area contributed by atoms with Crippen LogP contribution in [-0.2, 0) is 6.54 Å². The van der Waals surface area contributed by atoms with Crippen LogP contribution in [0.25, 0.3) is 0 Å². The quantitative estimate of drug-likeness (QED) is 0.642. The van der Waals surface area contributed by atoms with Gasteiger partial charge in [-0.2, -0.15) is 0 Å². The molecular weight excluding hydrogens is 248 g/mol. The highest BCUT2D eigenvalue weighted by Gasteiger charge is 1.95. The van der Waals surface area contributed by atoms with E-state index in [1.807, 2.05) is 24.3 Å². The van der Waals surface area contributed by atoms with Gasteiger partial charge in [-0.05, 0) is 17.7 Å². The second-order valence-corrected chi connectivity index (χ2v) is 4.21. The summed E-state index contributed by atoms with van der Waals surface area (Å²) in [5.41, 5.74) is 1.27. The third kappa shape index (κ3) is 4.35. The summed E-state index contributed by atoms with van der Waals surface area (Å²) < 4.78 is 5.52. The third-order valence-corrected chi connectivity index (χ3v) is 2.64. The van der Waals surface area contributed by atoms with E-state index in [9.17, 15) is 0 Å². The summed E-state index contributed by atoms with van der Waals surface area (Å²) >= 11 is 5.68. The van der Waals surface area contributed by atoms with Crippen LogP contribution >= 0.6 is 11.6 Å². The largest absolute Gasteiger partial charge is 0.491 e. The Morgan fingerprint density at radius 2 is 1.94 bits per heavy atom. The maximum Gasteiger partial charge on any atom is 0.137 e. The normalized spacial score (nSPS) is 10.3. The smallest absolute Gasteiger partial charge is 0.137 e. The zero-order valence-electron chi connectivity index (χ0n) is 9.97. The molecule has 0 aliphatic heterocycles. The summed E-state index contributed by atoms with van der Waals surface area (Å²) in [5.74, 6) is 0.737. The molecule has 0 spiro atoms. The van der Waals surface area contributed by atoms with Gasteiger partial charge >= 0.3 is 0 Å². The van der Waals surface area contributed by atoms with Gasteiger partial charge in [0.1, 0.15) is 17.5 Å². The van der Waals surface area contributed by atoms with E-state index in [0.29, 0.717) is 11.8 Å². The Bertz CT molecular complexity index is 459. The highest BCUT2D eigenvalue weighted by Crippen LogP contribution is 2.11. The van der Waals surface area contributed by atoms with Crippen LogP contribution in [0, 0.1) is 0 Å². The van der Waals surface area contributed by atoms with E-state index in [-0.39, 0.29) is 0 Å². The fourth-order valence-corrected chi connectivity index (χ4v) is 1.63. The predicted molar refractivity (Wildman–Crippen MR) is 72.9 cm³/mol. The maximum atomic E-state index is 5.68. The molecule has 94 valence electrons. The highest BCUT2D eigenvalue weighted by molar-refractivity contribution is 6.29. The number of ether oxygens (including phenoxy) is 1. The first-order chi connectivity index (χ1) is 8.84. The van der Waals surface area contributed by atoms with E-state index in [4.69, 9.17) is 16.3 Å². The average molecular weight is 263 g/mol. The van der Waals surface area contributed by atoms with Crippen molar-refractivity contribution in [3.63, 3.8) is 0 Å². The minimum Gasteiger partial charge on any atom is -0.491 e. The topological polar surface area (TPSA) is 34.1 Å². The molecule has 2 rings (SSSR count). The lowest BCUT2D eigenvalue weighted by Crippen LogP contribution is -2.20. The van der Waals surface area contributed by atoms with Crippen LogP contribution in [0.1, 0.15) is 5.56 Å². The summed E-state index contributed by atoms with van der Waals surface area (Å²) in [6, 6.07) is 13.8. The van der Waals surface area contributed by atoms with Crippen LogP contribution in [0.4, 0.5) is 0 Å². The van der Waals surface area contributed by atoms with Crippen molar-refractivity contribution < 1.29 is 4.74 Å². The van der Waals surface area contributed by atoms with Crippen LogP contribution < -0.4 is 10.1 Å². The number of hydrogen-bond donors (Lipinski definition) is 1. The second-order valence-electron chi connectivity index (χ2n) is 3.83. The van der Waals surface area contributed by atoms with Gasteiger partial charge in [0.15, 0.2) is 0 Å². The van der Waals surface area contributed by atoms with Crippen molar-refractivity contribution in [2.75, 3.05) is 13.2 Å². The van der Waals surface area contributed by atoms with Crippen molar-refractivity contribution in [3.8, 4) is 5.75 Å². The molecule has 0 atom stereocenters. The van der Waals surface area contributed by atoms with Gasteiger partial charge < -0.3 is 10.1 Å². The molecule has 0 amide bonds. The number of benzene rings is 1. The number of aromatic nitrogens is 1. The summed E-state index contributed by atoms with van der Waals surface area (Å²) in [5, 5.41) is 3.79. The number of rotatable bonds is 6. The number of nitrogens with zero attached hydrogens (tertiary/aromatic N) is 1. The summed E-state index contributed by atoms with van der Waals surface area (Å²) in [4.78, 5) is 3.95. The number of pyridine rings is 1. The first-order valence-electron chi connectivity index (χ1n) is 5.83. The SMILES string of the molecule is Clc1ccc(OCCNCc2ccccc2)cn1. The third-order valence-electron chi connectivity index (χ3n) is 2.42. The predicted octanol–water partition coefficient (Wildman–Crippen LogP) is 2.90. The van der Waals surface area contributed by atoms with Crippen LogP contribution in [-0.4, -0.2) is 18.1 Å². The van der Waals surface area contributed by atoms with Crippen LogP contribution in [0.2, 0.25) is 5.15 Å². The lowest BCUT2D eigenvalue weighted by atomic mass is 10.2. The first-order valence-corrected chi connectivity index (χ1v) is 6.21. The molecule has 2 aromatic rings. The van der Waals surface area contributed by atoms with Crippen molar-refractivity contribution in [1.82, 2.24) is 10.3 Å². The lowest BCUT2D eigenvalue weighted by Gasteiger charge is -2.07. The van der Waals surface area contributed by atoms with E-state index in [0.717, 1.165) is 18.8 Å². The molecule has 0 radical (unpaired) electrons. The molecule has 1 heterocycles. The second kappa shape index (κ2) is 6.99. The molecule has 0 bridgehead atoms. The molecule has 0 unspecified atom stereocenters. The maximum absolute atomic E-state index is 5.68. The molecule has 0 aliphatic rings. The zero-order valence-corrected chi connectivity index (χ0v) is 10.7. The van der Waals surface area contributed by atoms with Gasteiger partial charge in [-0.15, -0.1) is 0 Å². The molecule has 1 aromatic carbocycles. The van der Waals surface area contributed by atoms with E-state index in [1.54, 1.807) is 12.3 Å². The molecule has 0 aliphatic carbocycles. The first kappa shape index (κ1) is 12.9. The molecule has 0 fully saturated rings. The average Bonchev–Trinajstić information content (AvgIpc) is 2.42. The molecule has 1 aromatic heterocycles. The molecule has 3 nitrogen and oxygen atoms in total. The van der Waals surface area contributed by atoms with Crippen LogP contribution in [0.3, 0.4) is 0 Å². The minimum atomic E-state index is 0.476. The Balaban J connectivity index is 1.63. The van der Waals surface area contributed by atoms with E-state index >= 15 is 0 Å². The summed E-state index contributed by atoms with van der Waals surface area (Å²) in [6.45, 7) is 2.25. The Morgan fingerprint density at radius 1 is 1.11 bits per heavy atom. The van der Waals surface area contributed by atoms with Crippen molar-refractivity contribution in [1.29, 1.82) is 0 Å². The highest BCUT2D eigenvalue weighted by atomic mass is 35.5. The Hall–Kier alpha value is -1.58. The van der Waals surface area contributed by atoms with Gasteiger partial charge in [0.25, 0.3) is 0 Å². The van der Waals surface area contributed by atoms with Crippen molar-refractivity contribution in [3.05, 3.63) is 59.4 Å². The molecule has 1 N–H and O–H groups in total. The Morgan fingerprint density at radius 3 is 2.67 bits per heavy atom. The van der Waals surface area contributed by atoms with E-state index < -0.39 is 0 Å². The Kier molecular flexibility index (Phi) is 5.00. The Labute approximate surface area is 112 Å². The van der Waals surface area contributed by atoms with Crippen LogP contribution in [0.15, 0.2) is 48.7 Å². The monoisotopic (exact) mass is 262 g/mol. The standard InChI is InChI=1S/C14H15ClN2O/c15-14-7-6-13(11-17-14)18-9-8-16-10-12-4-2-1-3-5-12/h1-7,11,16H,8-10H2. The van der Waals surface area contributed by atoms with Crippen LogP contribution in [0.5, 0.6) is 5.75 Å². The molecule has 0 saturated heterocycles. The van der Waals surface area contributed by atoms with Crippen molar-refractivity contribution >= 4 is 11.6 Å².